The first-order valence-corrected chi connectivity index (χ1v) is 12.0. The molecule has 1 aliphatic heterocycles. The summed E-state index contributed by atoms with van der Waals surface area (Å²) in [6.45, 7) is 2.95. The number of carbonyl (C=O) groups excluding carboxylic acids is 2. The molecule has 1 aliphatic rings. The van der Waals surface area contributed by atoms with Crippen LogP contribution in [0.1, 0.15) is 20.0 Å². The highest BCUT2D eigenvalue weighted by Gasteiger charge is 2.22. The van der Waals surface area contributed by atoms with Crippen molar-refractivity contribution in [1.82, 2.24) is 9.88 Å². The number of amides is 2. The number of benzene rings is 2. The van der Waals surface area contributed by atoms with Crippen LogP contribution in [0.5, 0.6) is 0 Å². The van der Waals surface area contributed by atoms with Gasteiger partial charge in [0, 0.05) is 55.5 Å². The van der Waals surface area contributed by atoms with Gasteiger partial charge in [-0.3, -0.25) is 14.6 Å². The van der Waals surface area contributed by atoms with Crippen LogP contribution in [-0.2, 0) is 0 Å². The van der Waals surface area contributed by atoms with Crippen LogP contribution in [0.2, 0.25) is 0 Å². The number of anilines is 2. The standard InChI is InChI=1S/C27H24N4O2S/c32-26(22-17-21(18-28-19-22)20-5-2-1-3-6-20)29-23-8-10-24(11-9-23)30-12-14-31(15-13-30)27(33)25-7-4-16-34-25/h1-11,16-19H,12-15H2,(H,29,32). The second-order valence-electron chi connectivity index (χ2n) is 8.09. The van der Waals surface area contributed by atoms with Crippen LogP contribution in [0, 0.1) is 0 Å². The molecule has 34 heavy (non-hydrogen) atoms. The number of pyridine rings is 1. The van der Waals surface area contributed by atoms with Crippen molar-refractivity contribution in [3.63, 3.8) is 0 Å². The summed E-state index contributed by atoms with van der Waals surface area (Å²) in [5.41, 5.74) is 4.24. The first kappa shape index (κ1) is 21.9. The number of aromatic nitrogens is 1. The summed E-state index contributed by atoms with van der Waals surface area (Å²) in [5, 5.41) is 4.89. The molecule has 0 unspecified atom stereocenters. The van der Waals surface area contributed by atoms with E-state index in [-0.39, 0.29) is 11.8 Å². The third-order valence-electron chi connectivity index (χ3n) is 5.90. The number of piperazine rings is 1. The molecular formula is C27H24N4O2S. The molecule has 1 N–H and O–H groups in total. The molecule has 2 amide bonds. The molecule has 0 saturated carbocycles. The summed E-state index contributed by atoms with van der Waals surface area (Å²) in [5.74, 6) is -0.0859. The molecule has 0 bridgehead atoms. The fraction of sp³-hybridized carbons (Fsp3) is 0.148. The van der Waals surface area contributed by atoms with Crippen molar-refractivity contribution in [2.75, 3.05) is 36.4 Å². The van der Waals surface area contributed by atoms with E-state index in [0.717, 1.165) is 40.5 Å². The Hall–Kier alpha value is -3.97. The van der Waals surface area contributed by atoms with Gasteiger partial charge in [0.25, 0.3) is 11.8 Å². The summed E-state index contributed by atoms with van der Waals surface area (Å²) in [7, 11) is 0. The predicted octanol–water partition coefficient (Wildman–Crippen LogP) is 5.02. The molecule has 0 aliphatic carbocycles. The van der Waals surface area contributed by atoms with Gasteiger partial charge in [-0.1, -0.05) is 36.4 Å². The van der Waals surface area contributed by atoms with E-state index in [0.29, 0.717) is 18.7 Å². The SMILES string of the molecule is O=C(Nc1ccc(N2CCN(C(=O)c3cccs3)CC2)cc1)c1cncc(-c2ccccc2)c1. The Balaban J connectivity index is 1.19. The largest absolute Gasteiger partial charge is 0.368 e. The second-order valence-corrected chi connectivity index (χ2v) is 9.03. The van der Waals surface area contributed by atoms with E-state index >= 15 is 0 Å². The molecule has 1 saturated heterocycles. The molecule has 3 heterocycles. The van der Waals surface area contributed by atoms with Crippen molar-refractivity contribution in [1.29, 1.82) is 0 Å². The molecule has 5 rings (SSSR count). The zero-order chi connectivity index (χ0) is 23.3. The zero-order valence-electron chi connectivity index (χ0n) is 18.6. The molecule has 2 aromatic carbocycles. The molecule has 7 heteroatoms. The van der Waals surface area contributed by atoms with Crippen LogP contribution in [-0.4, -0.2) is 47.9 Å². The second kappa shape index (κ2) is 9.89. The normalized spacial score (nSPS) is 13.5. The Bertz CT molecular complexity index is 1270. The predicted molar refractivity (Wildman–Crippen MR) is 137 cm³/mol. The Morgan fingerprint density at radius 3 is 2.29 bits per heavy atom. The van der Waals surface area contributed by atoms with Crippen LogP contribution >= 0.6 is 11.3 Å². The summed E-state index contributed by atoms with van der Waals surface area (Å²) < 4.78 is 0. The number of nitrogens with one attached hydrogen (secondary N) is 1. The summed E-state index contributed by atoms with van der Waals surface area (Å²) >= 11 is 1.48. The highest BCUT2D eigenvalue weighted by Crippen LogP contribution is 2.23. The van der Waals surface area contributed by atoms with Crippen LogP contribution in [0.15, 0.2) is 90.6 Å². The fourth-order valence-electron chi connectivity index (χ4n) is 4.04. The van der Waals surface area contributed by atoms with Gasteiger partial charge in [-0.15, -0.1) is 11.3 Å². The van der Waals surface area contributed by atoms with Gasteiger partial charge in [-0.05, 0) is 47.3 Å². The Kier molecular flexibility index (Phi) is 6.35. The fourth-order valence-corrected chi connectivity index (χ4v) is 4.73. The molecule has 0 radical (unpaired) electrons. The van der Waals surface area contributed by atoms with Gasteiger partial charge >= 0.3 is 0 Å². The summed E-state index contributed by atoms with van der Waals surface area (Å²) in [6, 6.07) is 23.3. The van der Waals surface area contributed by atoms with Gasteiger partial charge in [-0.25, -0.2) is 0 Å². The van der Waals surface area contributed by atoms with E-state index in [2.05, 4.69) is 15.2 Å². The van der Waals surface area contributed by atoms with Crippen molar-refractivity contribution in [3.05, 3.63) is 101 Å². The monoisotopic (exact) mass is 468 g/mol. The van der Waals surface area contributed by atoms with Crippen molar-refractivity contribution in [3.8, 4) is 11.1 Å². The molecule has 170 valence electrons. The number of nitrogens with zero attached hydrogens (tertiary/aromatic N) is 3. The molecular weight excluding hydrogens is 444 g/mol. The minimum Gasteiger partial charge on any atom is -0.368 e. The molecule has 0 spiro atoms. The van der Waals surface area contributed by atoms with Gasteiger partial charge < -0.3 is 15.1 Å². The van der Waals surface area contributed by atoms with Gasteiger partial charge in [0.1, 0.15) is 0 Å². The lowest BCUT2D eigenvalue weighted by atomic mass is 10.1. The highest BCUT2D eigenvalue weighted by molar-refractivity contribution is 7.12. The van der Waals surface area contributed by atoms with Crippen LogP contribution in [0.3, 0.4) is 0 Å². The van der Waals surface area contributed by atoms with E-state index in [4.69, 9.17) is 0 Å². The van der Waals surface area contributed by atoms with Crippen LogP contribution < -0.4 is 10.2 Å². The molecule has 2 aromatic heterocycles. The average Bonchev–Trinajstić information content (AvgIpc) is 3.45. The average molecular weight is 469 g/mol. The minimum absolute atomic E-state index is 0.110. The van der Waals surface area contributed by atoms with E-state index < -0.39 is 0 Å². The Morgan fingerprint density at radius 2 is 1.59 bits per heavy atom. The van der Waals surface area contributed by atoms with E-state index in [9.17, 15) is 9.59 Å². The van der Waals surface area contributed by atoms with E-state index in [1.165, 1.54) is 11.3 Å². The molecule has 0 atom stereocenters. The number of hydrogen-bond acceptors (Lipinski definition) is 5. The smallest absolute Gasteiger partial charge is 0.264 e. The quantitative estimate of drug-likeness (QED) is 0.446. The molecule has 1 fully saturated rings. The minimum atomic E-state index is -0.196. The number of carbonyl (C=O) groups is 2. The van der Waals surface area contributed by atoms with Gasteiger partial charge in [0.05, 0.1) is 10.4 Å². The maximum absolute atomic E-state index is 12.8. The Morgan fingerprint density at radius 1 is 0.824 bits per heavy atom. The first-order chi connectivity index (χ1) is 16.7. The lowest BCUT2D eigenvalue weighted by molar-refractivity contribution is 0.0751. The topological polar surface area (TPSA) is 65.5 Å². The lowest BCUT2D eigenvalue weighted by Crippen LogP contribution is -2.48. The highest BCUT2D eigenvalue weighted by atomic mass is 32.1. The lowest BCUT2D eigenvalue weighted by Gasteiger charge is -2.36. The van der Waals surface area contributed by atoms with Crippen molar-refractivity contribution in [2.24, 2.45) is 0 Å². The third kappa shape index (κ3) is 4.84. The maximum atomic E-state index is 12.8. The third-order valence-corrected chi connectivity index (χ3v) is 6.75. The molecule has 6 nitrogen and oxygen atoms in total. The number of hydrogen-bond donors (Lipinski definition) is 1. The van der Waals surface area contributed by atoms with Crippen molar-refractivity contribution in [2.45, 2.75) is 0 Å². The summed E-state index contributed by atoms with van der Waals surface area (Å²) in [6.07, 6.45) is 3.34. The number of thiophene rings is 1. The van der Waals surface area contributed by atoms with Gasteiger partial charge in [-0.2, -0.15) is 0 Å². The van der Waals surface area contributed by atoms with Crippen LogP contribution in [0.25, 0.3) is 11.1 Å². The van der Waals surface area contributed by atoms with Crippen molar-refractivity contribution < 1.29 is 9.59 Å². The van der Waals surface area contributed by atoms with E-state index in [1.807, 2.05) is 83.1 Å². The van der Waals surface area contributed by atoms with Crippen LogP contribution in [0.4, 0.5) is 11.4 Å². The zero-order valence-corrected chi connectivity index (χ0v) is 19.4. The molecule has 4 aromatic rings. The Labute approximate surface area is 202 Å². The summed E-state index contributed by atoms with van der Waals surface area (Å²) in [4.78, 5) is 34.5. The van der Waals surface area contributed by atoms with Gasteiger partial charge in [0.15, 0.2) is 0 Å². The van der Waals surface area contributed by atoms with E-state index in [1.54, 1.807) is 12.4 Å². The van der Waals surface area contributed by atoms with Gasteiger partial charge in [0.2, 0.25) is 0 Å². The van der Waals surface area contributed by atoms with Crippen molar-refractivity contribution >= 4 is 34.5 Å². The number of rotatable bonds is 5. The first-order valence-electron chi connectivity index (χ1n) is 11.2. The maximum Gasteiger partial charge on any atom is 0.264 e.